The summed E-state index contributed by atoms with van der Waals surface area (Å²) in [4.78, 5) is 23.5. The number of amides is 2. The normalized spacial score (nSPS) is 25.5. The van der Waals surface area contributed by atoms with Crippen LogP contribution in [0.2, 0.25) is 0 Å². The van der Waals surface area contributed by atoms with Crippen LogP contribution >= 0.6 is 0 Å². The summed E-state index contributed by atoms with van der Waals surface area (Å²) in [6.07, 6.45) is 1.16. The average molecular weight is 214 g/mol. The summed E-state index contributed by atoms with van der Waals surface area (Å²) in [5.41, 5.74) is 0. The second-order valence-electron chi connectivity index (χ2n) is 4.36. The van der Waals surface area contributed by atoms with Crippen LogP contribution in [0.3, 0.4) is 0 Å². The summed E-state index contributed by atoms with van der Waals surface area (Å²) in [6.45, 7) is 4.31. The Morgan fingerprint density at radius 1 is 1.60 bits per heavy atom. The molecule has 15 heavy (non-hydrogen) atoms. The first-order valence-electron chi connectivity index (χ1n) is 5.16. The van der Waals surface area contributed by atoms with Gasteiger partial charge in [-0.25, -0.2) is 4.79 Å². The van der Waals surface area contributed by atoms with Crippen LogP contribution in [0.25, 0.3) is 0 Å². The van der Waals surface area contributed by atoms with Gasteiger partial charge in [-0.2, -0.15) is 0 Å². The molecule has 0 aromatic heterocycles. The molecule has 0 aliphatic heterocycles. The van der Waals surface area contributed by atoms with Crippen LogP contribution in [0, 0.1) is 11.8 Å². The monoisotopic (exact) mass is 214 g/mol. The van der Waals surface area contributed by atoms with E-state index >= 15 is 0 Å². The lowest BCUT2D eigenvalue weighted by Crippen LogP contribution is -2.45. The van der Waals surface area contributed by atoms with Crippen molar-refractivity contribution in [2.75, 3.05) is 13.6 Å². The highest BCUT2D eigenvalue weighted by Crippen LogP contribution is 2.37. The summed E-state index contributed by atoms with van der Waals surface area (Å²) in [5.74, 6) is 0.259. The molecule has 1 rings (SSSR count). The number of hydrogen-bond donors (Lipinski definition) is 2. The van der Waals surface area contributed by atoms with Crippen LogP contribution in [0.5, 0.6) is 0 Å². The van der Waals surface area contributed by atoms with Crippen LogP contribution in [-0.2, 0) is 4.79 Å². The van der Waals surface area contributed by atoms with E-state index in [1.165, 1.54) is 6.92 Å². The van der Waals surface area contributed by atoms with E-state index in [9.17, 15) is 9.59 Å². The lowest BCUT2D eigenvalue weighted by molar-refractivity contribution is -0.138. The number of carboxylic acid groups (broad SMARTS) is 1. The van der Waals surface area contributed by atoms with Crippen molar-refractivity contribution in [3.8, 4) is 0 Å². The molecule has 0 heterocycles. The summed E-state index contributed by atoms with van der Waals surface area (Å²) >= 11 is 0. The van der Waals surface area contributed by atoms with Gasteiger partial charge >= 0.3 is 12.0 Å². The Labute approximate surface area is 89.4 Å². The van der Waals surface area contributed by atoms with Crippen LogP contribution in [-0.4, -0.2) is 41.6 Å². The largest absolute Gasteiger partial charge is 0.480 e. The van der Waals surface area contributed by atoms with E-state index in [1.807, 2.05) is 0 Å². The van der Waals surface area contributed by atoms with E-state index in [0.717, 1.165) is 6.42 Å². The first-order chi connectivity index (χ1) is 6.91. The minimum atomic E-state index is -1.02. The Morgan fingerprint density at radius 3 is 2.53 bits per heavy atom. The zero-order valence-corrected chi connectivity index (χ0v) is 9.36. The zero-order chi connectivity index (χ0) is 11.6. The first-order valence-corrected chi connectivity index (χ1v) is 5.16. The number of carbonyl (C=O) groups excluding carboxylic acids is 1. The molecule has 0 aromatic rings. The van der Waals surface area contributed by atoms with Crippen LogP contribution in [0.4, 0.5) is 4.79 Å². The SMILES string of the molecule is CC1CC1CN(C)C(=O)N[C@H](C)C(=O)O. The standard InChI is InChI=1S/C10H18N2O3/c1-6-4-8(6)5-12(3)10(15)11-7(2)9(13)14/h6-8H,4-5H2,1-3H3,(H,11,15)(H,13,14)/t6?,7-,8?/m1/s1. The molecule has 0 radical (unpaired) electrons. The molecule has 3 atom stereocenters. The van der Waals surface area contributed by atoms with E-state index in [2.05, 4.69) is 12.2 Å². The number of urea groups is 1. The molecule has 0 saturated heterocycles. The van der Waals surface area contributed by atoms with Gasteiger partial charge in [-0.15, -0.1) is 0 Å². The maximum atomic E-state index is 11.5. The van der Waals surface area contributed by atoms with Crippen molar-refractivity contribution in [1.29, 1.82) is 0 Å². The fourth-order valence-corrected chi connectivity index (χ4v) is 1.45. The molecule has 5 heteroatoms. The third kappa shape index (κ3) is 3.42. The van der Waals surface area contributed by atoms with Gasteiger partial charge < -0.3 is 15.3 Å². The average Bonchev–Trinajstić information content (AvgIpc) is 2.81. The quantitative estimate of drug-likeness (QED) is 0.725. The van der Waals surface area contributed by atoms with Crippen molar-refractivity contribution in [1.82, 2.24) is 10.2 Å². The Bertz CT molecular complexity index is 267. The number of carbonyl (C=O) groups is 2. The predicted octanol–water partition coefficient (Wildman–Crippen LogP) is 0.757. The van der Waals surface area contributed by atoms with Crippen molar-refractivity contribution in [2.45, 2.75) is 26.3 Å². The third-order valence-electron chi connectivity index (χ3n) is 2.84. The molecular weight excluding hydrogens is 196 g/mol. The maximum absolute atomic E-state index is 11.5. The number of hydrogen-bond acceptors (Lipinski definition) is 2. The van der Waals surface area contributed by atoms with Crippen LogP contribution in [0.15, 0.2) is 0 Å². The Kier molecular flexibility index (Phi) is 3.55. The van der Waals surface area contributed by atoms with Crippen molar-refractivity contribution in [2.24, 2.45) is 11.8 Å². The molecule has 1 aliphatic carbocycles. The molecule has 2 amide bonds. The second-order valence-corrected chi connectivity index (χ2v) is 4.36. The van der Waals surface area contributed by atoms with Gasteiger partial charge in [0.15, 0.2) is 0 Å². The highest BCUT2D eigenvalue weighted by Gasteiger charge is 2.34. The van der Waals surface area contributed by atoms with Gasteiger partial charge in [0.1, 0.15) is 6.04 Å². The molecule has 1 aliphatic rings. The van der Waals surface area contributed by atoms with Crippen molar-refractivity contribution in [3.05, 3.63) is 0 Å². The van der Waals surface area contributed by atoms with Gasteiger partial charge in [0, 0.05) is 13.6 Å². The summed E-state index contributed by atoms with van der Waals surface area (Å²) in [5, 5.41) is 11.0. The van der Waals surface area contributed by atoms with Gasteiger partial charge in [0.25, 0.3) is 0 Å². The number of rotatable bonds is 4. The summed E-state index contributed by atoms with van der Waals surface area (Å²) < 4.78 is 0. The smallest absolute Gasteiger partial charge is 0.325 e. The minimum Gasteiger partial charge on any atom is -0.480 e. The number of carboxylic acids is 1. The highest BCUT2D eigenvalue weighted by atomic mass is 16.4. The van der Waals surface area contributed by atoms with Gasteiger partial charge in [-0.1, -0.05) is 6.92 Å². The lowest BCUT2D eigenvalue weighted by atomic mass is 10.3. The number of aliphatic carboxylic acids is 1. The molecule has 5 nitrogen and oxygen atoms in total. The Balaban J connectivity index is 2.29. The number of nitrogens with zero attached hydrogens (tertiary/aromatic N) is 1. The first kappa shape index (κ1) is 11.8. The van der Waals surface area contributed by atoms with Crippen LogP contribution < -0.4 is 5.32 Å². The zero-order valence-electron chi connectivity index (χ0n) is 9.36. The van der Waals surface area contributed by atoms with Gasteiger partial charge in [0.2, 0.25) is 0 Å². The topological polar surface area (TPSA) is 69.6 Å². The molecule has 2 N–H and O–H groups in total. The molecular formula is C10H18N2O3. The van der Waals surface area contributed by atoms with Gasteiger partial charge in [-0.3, -0.25) is 4.79 Å². The lowest BCUT2D eigenvalue weighted by Gasteiger charge is -2.19. The van der Waals surface area contributed by atoms with E-state index in [-0.39, 0.29) is 6.03 Å². The van der Waals surface area contributed by atoms with Crippen molar-refractivity contribution in [3.63, 3.8) is 0 Å². The van der Waals surface area contributed by atoms with Gasteiger partial charge in [-0.05, 0) is 25.2 Å². The van der Waals surface area contributed by atoms with E-state index in [1.54, 1.807) is 11.9 Å². The van der Waals surface area contributed by atoms with E-state index in [4.69, 9.17) is 5.11 Å². The summed E-state index contributed by atoms with van der Waals surface area (Å²) in [6, 6.07) is -1.15. The Morgan fingerprint density at radius 2 is 2.13 bits per heavy atom. The van der Waals surface area contributed by atoms with Gasteiger partial charge in [0.05, 0.1) is 0 Å². The molecule has 1 saturated carbocycles. The molecule has 86 valence electrons. The molecule has 0 spiro atoms. The Hall–Kier alpha value is -1.26. The molecule has 0 aromatic carbocycles. The fraction of sp³-hybridized carbons (Fsp3) is 0.800. The summed E-state index contributed by atoms with van der Waals surface area (Å²) in [7, 11) is 1.69. The fourth-order valence-electron chi connectivity index (χ4n) is 1.45. The second kappa shape index (κ2) is 4.51. The molecule has 1 fully saturated rings. The molecule has 2 unspecified atom stereocenters. The van der Waals surface area contributed by atoms with E-state index in [0.29, 0.717) is 18.4 Å². The highest BCUT2D eigenvalue weighted by molar-refractivity contribution is 5.82. The minimum absolute atomic E-state index is 0.316. The maximum Gasteiger partial charge on any atom is 0.325 e. The van der Waals surface area contributed by atoms with Crippen molar-refractivity contribution < 1.29 is 14.7 Å². The molecule has 0 bridgehead atoms. The predicted molar refractivity (Wildman–Crippen MR) is 55.5 cm³/mol. The van der Waals surface area contributed by atoms with Crippen LogP contribution in [0.1, 0.15) is 20.3 Å². The number of nitrogens with one attached hydrogen (secondary N) is 1. The van der Waals surface area contributed by atoms with Crippen molar-refractivity contribution >= 4 is 12.0 Å². The van der Waals surface area contributed by atoms with E-state index < -0.39 is 12.0 Å². The third-order valence-corrected chi connectivity index (χ3v) is 2.84.